The molecule has 314 valence electrons. The van der Waals surface area contributed by atoms with Crippen LogP contribution in [-0.4, -0.2) is 70.0 Å². The molecule has 0 aromatic carbocycles. The molecule has 0 aromatic rings. The lowest BCUT2D eigenvalue weighted by atomic mass is 10.1. The Morgan fingerprint density at radius 1 is 0.630 bits per heavy atom. The number of allylic oxidation sites excluding steroid dienone is 7. The predicted molar refractivity (Wildman–Crippen MR) is 222 cm³/mol. The minimum Gasteiger partial charge on any atom is -0.756 e. The van der Waals surface area contributed by atoms with Crippen LogP contribution in [0.5, 0.6) is 0 Å². The number of nitrogens with zero attached hydrogens (tertiary/aromatic N) is 1. The van der Waals surface area contributed by atoms with Gasteiger partial charge in [0, 0.05) is 12.5 Å². The molecule has 1 unspecified atom stereocenters. The first-order chi connectivity index (χ1) is 26.0. The number of ether oxygens (including phenoxy) is 2. The van der Waals surface area contributed by atoms with E-state index in [9.17, 15) is 19.0 Å². The highest BCUT2D eigenvalue weighted by atomic mass is 31.2. The van der Waals surface area contributed by atoms with Crippen molar-refractivity contribution in [1.82, 2.24) is 0 Å². The highest BCUT2D eigenvalue weighted by Crippen LogP contribution is 2.38. The molecule has 0 saturated carbocycles. The Morgan fingerprint density at radius 3 is 1.70 bits per heavy atom. The Kier molecular flexibility index (Phi) is 35.2. The van der Waals surface area contributed by atoms with Crippen LogP contribution in [0.1, 0.15) is 168 Å². The second kappa shape index (κ2) is 36.6. The van der Waals surface area contributed by atoms with E-state index in [1.165, 1.54) is 96.0 Å². The summed E-state index contributed by atoms with van der Waals surface area (Å²) in [6.45, 7) is 4.04. The van der Waals surface area contributed by atoms with E-state index in [2.05, 4.69) is 38.2 Å². The molecule has 0 amide bonds. The Hall–Kier alpha value is -2.03. The molecule has 0 heterocycles. The van der Waals surface area contributed by atoms with Crippen molar-refractivity contribution >= 4 is 19.8 Å². The zero-order chi connectivity index (χ0) is 40.0. The van der Waals surface area contributed by atoms with Gasteiger partial charge in [0.1, 0.15) is 19.8 Å². The minimum atomic E-state index is -4.65. The summed E-state index contributed by atoms with van der Waals surface area (Å²) in [5.74, 6) is -1.11. The third-order valence-electron chi connectivity index (χ3n) is 8.93. The second-order valence-electron chi connectivity index (χ2n) is 15.4. The molecule has 0 aliphatic carbocycles. The Bertz CT molecular complexity index is 1070. The number of hydrogen-bond donors (Lipinski definition) is 0. The van der Waals surface area contributed by atoms with Gasteiger partial charge in [-0.25, -0.2) is 4.79 Å². The van der Waals surface area contributed by atoms with Gasteiger partial charge in [0.25, 0.3) is 7.82 Å². The number of carbonyl (C=O) groups is 2. The van der Waals surface area contributed by atoms with E-state index < -0.39 is 32.5 Å². The molecule has 0 aromatic heterocycles. The van der Waals surface area contributed by atoms with Gasteiger partial charge >= 0.3 is 11.9 Å². The number of hydrogen-bond acceptors (Lipinski definition) is 8. The van der Waals surface area contributed by atoms with Crippen molar-refractivity contribution in [1.29, 1.82) is 0 Å². The number of esters is 2. The van der Waals surface area contributed by atoms with Crippen molar-refractivity contribution in [3.63, 3.8) is 0 Å². The van der Waals surface area contributed by atoms with E-state index >= 15 is 0 Å². The Labute approximate surface area is 331 Å². The van der Waals surface area contributed by atoms with Crippen LogP contribution >= 0.6 is 7.82 Å². The molecule has 0 aliphatic rings. The summed E-state index contributed by atoms with van der Waals surface area (Å²) < 4.78 is 33.6. The number of quaternary nitrogens is 1. The molecule has 0 fully saturated rings. The summed E-state index contributed by atoms with van der Waals surface area (Å²) >= 11 is 0. The number of rotatable bonds is 38. The number of phosphoric acid groups is 1. The SMILES string of the molecule is CCCCC/C=C/C/C=C/CCCCCCCC(=O)O[C@H](COC(=O)/C=C/C=C/CCCCCCCCCCCCC)COP(=O)([O-])OCC[N+](C)(C)C. The van der Waals surface area contributed by atoms with Gasteiger partial charge in [-0.05, 0) is 51.4 Å². The molecular weight excluding hydrogens is 701 g/mol. The third-order valence-corrected chi connectivity index (χ3v) is 9.89. The van der Waals surface area contributed by atoms with Crippen molar-refractivity contribution < 1.29 is 42.1 Å². The normalized spacial score (nSPS) is 14.1. The van der Waals surface area contributed by atoms with Crippen LogP contribution in [-0.2, 0) is 32.7 Å². The van der Waals surface area contributed by atoms with Gasteiger partial charge in [-0.3, -0.25) is 9.36 Å². The second-order valence-corrected chi connectivity index (χ2v) is 16.8. The number of phosphoric ester groups is 1. The summed E-state index contributed by atoms with van der Waals surface area (Å²) in [4.78, 5) is 37.3. The Morgan fingerprint density at radius 2 is 1.13 bits per heavy atom. The molecule has 0 N–H and O–H groups in total. The van der Waals surface area contributed by atoms with Gasteiger partial charge < -0.3 is 27.9 Å². The van der Waals surface area contributed by atoms with Crippen LogP contribution in [0.25, 0.3) is 0 Å². The molecule has 0 bridgehead atoms. The molecule has 2 atom stereocenters. The summed E-state index contributed by atoms with van der Waals surface area (Å²) in [6, 6.07) is 0. The van der Waals surface area contributed by atoms with Gasteiger partial charge in [-0.2, -0.15) is 0 Å². The van der Waals surface area contributed by atoms with Crippen LogP contribution < -0.4 is 4.89 Å². The van der Waals surface area contributed by atoms with Crippen molar-refractivity contribution in [2.75, 3.05) is 47.5 Å². The third kappa shape index (κ3) is 39.7. The van der Waals surface area contributed by atoms with Crippen molar-refractivity contribution in [2.45, 2.75) is 174 Å². The lowest BCUT2D eigenvalue weighted by Gasteiger charge is -2.28. The molecule has 0 saturated heterocycles. The topological polar surface area (TPSA) is 111 Å². The van der Waals surface area contributed by atoms with Crippen LogP contribution in [0.2, 0.25) is 0 Å². The maximum atomic E-state index is 12.6. The van der Waals surface area contributed by atoms with Gasteiger partial charge in [0.05, 0.1) is 27.7 Å². The summed E-state index contributed by atoms with van der Waals surface area (Å²) in [5.41, 5.74) is 0. The number of carbonyl (C=O) groups excluding carboxylic acids is 2. The van der Waals surface area contributed by atoms with Crippen LogP contribution in [0.4, 0.5) is 0 Å². The summed E-state index contributed by atoms with van der Waals surface area (Å²) in [5, 5.41) is 0. The fourth-order valence-corrected chi connectivity index (χ4v) is 6.27. The lowest BCUT2D eigenvalue weighted by Crippen LogP contribution is -2.37. The van der Waals surface area contributed by atoms with E-state index in [4.69, 9.17) is 18.5 Å². The molecule has 10 heteroatoms. The molecule has 0 spiro atoms. The number of unbranched alkanes of at least 4 members (excludes halogenated alkanes) is 19. The van der Waals surface area contributed by atoms with Crippen molar-refractivity contribution in [3.05, 3.63) is 48.6 Å². The number of likely N-dealkylation sites (N-methyl/N-ethyl adjacent to an activating group) is 1. The van der Waals surface area contributed by atoms with E-state index in [0.717, 1.165) is 51.4 Å². The van der Waals surface area contributed by atoms with E-state index in [1.54, 1.807) is 6.08 Å². The van der Waals surface area contributed by atoms with Crippen molar-refractivity contribution in [2.24, 2.45) is 0 Å². The predicted octanol–water partition coefficient (Wildman–Crippen LogP) is 11.3. The summed E-state index contributed by atoms with van der Waals surface area (Å²) in [7, 11) is 1.11. The maximum absolute atomic E-state index is 12.6. The largest absolute Gasteiger partial charge is 0.756 e. The molecule has 0 rings (SSSR count). The van der Waals surface area contributed by atoms with E-state index in [1.807, 2.05) is 33.3 Å². The molecule has 54 heavy (non-hydrogen) atoms. The van der Waals surface area contributed by atoms with Crippen molar-refractivity contribution in [3.8, 4) is 0 Å². The molecule has 0 aliphatic heterocycles. The first-order valence-electron chi connectivity index (χ1n) is 21.4. The van der Waals surface area contributed by atoms with E-state index in [-0.39, 0.29) is 19.6 Å². The highest BCUT2D eigenvalue weighted by molar-refractivity contribution is 7.45. The van der Waals surface area contributed by atoms with Gasteiger partial charge in [0.2, 0.25) is 0 Å². The van der Waals surface area contributed by atoms with Crippen LogP contribution in [0.3, 0.4) is 0 Å². The monoisotopic (exact) mass is 782 g/mol. The zero-order valence-electron chi connectivity index (χ0n) is 35.2. The molecular formula is C44H80NO8P. The van der Waals surface area contributed by atoms with Crippen LogP contribution in [0.15, 0.2) is 48.6 Å². The maximum Gasteiger partial charge on any atom is 0.330 e. The zero-order valence-corrected chi connectivity index (χ0v) is 36.0. The quantitative estimate of drug-likeness (QED) is 0.0116. The van der Waals surface area contributed by atoms with Gasteiger partial charge in [0.15, 0.2) is 6.10 Å². The lowest BCUT2D eigenvalue weighted by molar-refractivity contribution is -0.870. The van der Waals surface area contributed by atoms with Gasteiger partial charge in [-0.1, -0.05) is 153 Å². The smallest absolute Gasteiger partial charge is 0.330 e. The first-order valence-corrected chi connectivity index (χ1v) is 22.8. The summed E-state index contributed by atoms with van der Waals surface area (Å²) in [6.07, 6.45) is 42.0. The average Bonchev–Trinajstić information content (AvgIpc) is 3.12. The average molecular weight is 782 g/mol. The standard InChI is InChI=1S/C44H80NO8P/c1-6-8-10-12-14-16-18-20-22-24-26-28-30-32-34-36-43(46)50-40-42(41-52-54(48,49)51-39-38-45(3,4)5)53-44(47)37-35-33-31-29-27-25-23-21-19-17-15-13-11-9-7-2/h15,17,21,23,30,32,34,36,42H,6-14,16,18-20,22,24-29,31,33,35,37-41H2,1-5H3/b17-15+,23-21+,32-30+,36-34+/t42-/m1/s1. The Balaban J connectivity index is 4.51. The fourth-order valence-electron chi connectivity index (χ4n) is 5.54. The highest BCUT2D eigenvalue weighted by Gasteiger charge is 2.21. The van der Waals surface area contributed by atoms with Crippen LogP contribution in [0, 0.1) is 0 Å². The minimum absolute atomic E-state index is 0.0475. The first kappa shape index (κ1) is 52.0. The van der Waals surface area contributed by atoms with E-state index in [0.29, 0.717) is 17.4 Å². The molecule has 0 radical (unpaired) electrons. The van der Waals surface area contributed by atoms with Gasteiger partial charge in [-0.15, -0.1) is 0 Å². The fraction of sp³-hybridized carbons (Fsp3) is 0.773. The molecule has 9 nitrogen and oxygen atoms in total.